The summed E-state index contributed by atoms with van der Waals surface area (Å²) in [5, 5.41) is 0. The Morgan fingerprint density at radius 1 is 0.357 bits per heavy atom. The van der Waals surface area contributed by atoms with Gasteiger partial charge >= 0.3 is 0 Å². The Morgan fingerprint density at radius 3 is 1.05 bits per heavy atom. The summed E-state index contributed by atoms with van der Waals surface area (Å²) >= 11 is 0. The van der Waals surface area contributed by atoms with Crippen LogP contribution in [-0.2, 0) is 0 Å². The van der Waals surface area contributed by atoms with Gasteiger partial charge in [0, 0.05) is 22.7 Å². The fourth-order valence-corrected chi connectivity index (χ4v) is 8.72. The van der Waals surface area contributed by atoms with Gasteiger partial charge in [-0.25, -0.2) is 0 Å². The van der Waals surface area contributed by atoms with Gasteiger partial charge in [-0.3, -0.25) is 0 Å². The molecule has 0 N–H and O–H groups in total. The van der Waals surface area contributed by atoms with E-state index >= 15 is 0 Å². The van der Waals surface area contributed by atoms with Gasteiger partial charge in [0.05, 0.1) is 12.1 Å². The minimum atomic E-state index is 0.131. The summed E-state index contributed by atoms with van der Waals surface area (Å²) in [6, 6.07) is 49.9. The molecule has 6 aromatic rings. The van der Waals surface area contributed by atoms with Crippen LogP contribution in [0.15, 0.2) is 170 Å². The molecule has 0 fully saturated rings. The van der Waals surface area contributed by atoms with Gasteiger partial charge in [0.25, 0.3) is 0 Å². The molecule has 2 nitrogen and oxygen atoms in total. The molecule has 6 aromatic carbocycles. The van der Waals surface area contributed by atoms with Crippen LogP contribution >= 0.6 is 0 Å². The molecule has 0 aromatic heterocycles. The molecular formula is C54H52N2. The maximum atomic E-state index is 2.58. The highest BCUT2D eigenvalue weighted by Gasteiger charge is 2.26. The summed E-state index contributed by atoms with van der Waals surface area (Å²) in [6.07, 6.45) is 16.1. The van der Waals surface area contributed by atoms with Gasteiger partial charge in [0.1, 0.15) is 0 Å². The molecular weight excluding hydrogens is 677 g/mol. The Bertz CT molecular complexity index is 2290. The number of nitrogens with zero attached hydrogens (tertiary/aromatic N) is 2. The Hall–Kier alpha value is -6.12. The van der Waals surface area contributed by atoms with Crippen molar-refractivity contribution in [1.82, 2.24) is 0 Å². The predicted molar refractivity (Wildman–Crippen MR) is 241 cm³/mol. The van der Waals surface area contributed by atoms with E-state index in [4.69, 9.17) is 0 Å². The lowest BCUT2D eigenvalue weighted by molar-refractivity contribution is 0.778. The van der Waals surface area contributed by atoms with Crippen LogP contribution in [0.4, 0.5) is 22.7 Å². The largest absolute Gasteiger partial charge is 0.334 e. The van der Waals surface area contributed by atoms with Gasteiger partial charge in [-0.05, 0) is 153 Å². The molecule has 8 rings (SSSR count). The van der Waals surface area contributed by atoms with Crippen LogP contribution in [0.5, 0.6) is 0 Å². The standard InChI is InChI=1S/C54H52N2/c1-37-25-38(2)29-47(28-37)48-34-53(55(51-30-39(3)26-40(4)31-51)49-21-17-45(18-22-49)43-13-9-7-10-14-43)36-54(35-48)56(52-32-41(5)27-42(6)33-52)50-23-19-46(20-24-50)44-15-11-8-12-16-44/h7-21,23,25-36,49-50H,22,24H2,1-6H3/t49-,50-/m0/s1. The normalized spacial score (nSPS) is 16.3. The second-order valence-corrected chi connectivity index (χ2v) is 15.9. The molecule has 0 radical (unpaired) electrons. The summed E-state index contributed by atoms with van der Waals surface area (Å²) in [5.74, 6) is 0. The lowest BCUT2D eigenvalue weighted by Crippen LogP contribution is -2.32. The first-order valence-electron chi connectivity index (χ1n) is 20.0. The molecule has 0 saturated carbocycles. The highest BCUT2D eigenvalue weighted by molar-refractivity contribution is 5.84. The van der Waals surface area contributed by atoms with E-state index in [9.17, 15) is 0 Å². The van der Waals surface area contributed by atoms with Crippen LogP contribution in [-0.4, -0.2) is 12.1 Å². The molecule has 278 valence electrons. The Kier molecular flexibility index (Phi) is 10.5. The van der Waals surface area contributed by atoms with Crippen LogP contribution < -0.4 is 9.80 Å². The zero-order valence-corrected chi connectivity index (χ0v) is 33.6. The zero-order valence-electron chi connectivity index (χ0n) is 33.6. The van der Waals surface area contributed by atoms with Gasteiger partial charge < -0.3 is 9.80 Å². The predicted octanol–water partition coefficient (Wildman–Crippen LogP) is 14.3. The summed E-state index contributed by atoms with van der Waals surface area (Å²) in [4.78, 5) is 5.16. The summed E-state index contributed by atoms with van der Waals surface area (Å²) in [5.41, 5.74) is 19.9. The highest BCUT2D eigenvalue weighted by atomic mass is 15.2. The molecule has 0 aliphatic heterocycles. The number of benzene rings is 6. The smallest absolute Gasteiger partial charge is 0.0560 e. The van der Waals surface area contributed by atoms with Crippen molar-refractivity contribution in [2.75, 3.05) is 9.80 Å². The highest BCUT2D eigenvalue weighted by Crippen LogP contribution is 2.42. The summed E-state index contributed by atoms with van der Waals surface area (Å²) in [7, 11) is 0. The average molecular weight is 729 g/mol. The van der Waals surface area contributed by atoms with Gasteiger partial charge in [0.2, 0.25) is 0 Å². The minimum Gasteiger partial charge on any atom is -0.334 e. The Morgan fingerprint density at radius 2 is 0.696 bits per heavy atom. The lowest BCUT2D eigenvalue weighted by atomic mass is 9.93. The average Bonchev–Trinajstić information content (AvgIpc) is 3.18. The molecule has 56 heavy (non-hydrogen) atoms. The van der Waals surface area contributed by atoms with Crippen molar-refractivity contribution in [3.8, 4) is 11.1 Å². The second-order valence-electron chi connectivity index (χ2n) is 15.9. The molecule has 2 aliphatic rings. The van der Waals surface area contributed by atoms with Gasteiger partial charge in [-0.15, -0.1) is 0 Å². The lowest BCUT2D eigenvalue weighted by Gasteiger charge is -2.37. The SMILES string of the molecule is Cc1cc(C)cc(-c2cc(N(c3cc(C)cc(C)c3)[C@H]3C=CC(c4ccccc4)=CC3)cc(N(c3cc(C)cc(C)c3)[C@H]3C=CC(c4ccccc4)=CC3)c2)c1. The molecule has 0 amide bonds. The molecule has 0 heterocycles. The maximum Gasteiger partial charge on any atom is 0.0560 e. The molecule has 2 heteroatoms. The fourth-order valence-electron chi connectivity index (χ4n) is 8.72. The molecule has 2 aliphatic carbocycles. The summed E-state index contributed by atoms with van der Waals surface area (Å²) < 4.78 is 0. The monoisotopic (exact) mass is 728 g/mol. The van der Waals surface area contributed by atoms with Crippen molar-refractivity contribution < 1.29 is 0 Å². The van der Waals surface area contributed by atoms with Crippen LogP contribution in [0.1, 0.15) is 57.3 Å². The summed E-state index contributed by atoms with van der Waals surface area (Å²) in [6.45, 7) is 13.3. The maximum absolute atomic E-state index is 2.58. The minimum absolute atomic E-state index is 0.131. The number of allylic oxidation sites excluding steroid dienone is 4. The number of anilines is 4. The first kappa shape index (κ1) is 36.8. The van der Waals surface area contributed by atoms with E-state index in [1.165, 1.54) is 89.5 Å². The topological polar surface area (TPSA) is 6.48 Å². The number of aryl methyl sites for hydroxylation is 6. The Labute approximate surface area is 334 Å². The van der Waals surface area contributed by atoms with Crippen molar-refractivity contribution in [3.63, 3.8) is 0 Å². The number of hydrogen-bond donors (Lipinski definition) is 0. The van der Waals surface area contributed by atoms with E-state index in [-0.39, 0.29) is 12.1 Å². The third-order valence-electron chi connectivity index (χ3n) is 11.0. The fraction of sp³-hybridized carbons (Fsp3) is 0.185. The van der Waals surface area contributed by atoms with Crippen LogP contribution in [0.3, 0.4) is 0 Å². The first-order valence-corrected chi connectivity index (χ1v) is 20.0. The van der Waals surface area contributed by atoms with E-state index in [0.29, 0.717) is 0 Å². The zero-order chi connectivity index (χ0) is 38.8. The third kappa shape index (κ3) is 8.11. The van der Waals surface area contributed by atoms with E-state index in [0.717, 1.165) is 12.8 Å². The Balaban J connectivity index is 1.31. The number of rotatable bonds is 9. The third-order valence-corrected chi connectivity index (χ3v) is 11.0. The van der Waals surface area contributed by atoms with E-state index in [1.54, 1.807) is 0 Å². The molecule has 0 bridgehead atoms. The molecule has 0 spiro atoms. The van der Waals surface area contributed by atoms with Crippen molar-refractivity contribution in [1.29, 1.82) is 0 Å². The van der Waals surface area contributed by atoms with E-state index in [2.05, 4.69) is 221 Å². The van der Waals surface area contributed by atoms with E-state index in [1.807, 2.05) is 0 Å². The van der Waals surface area contributed by atoms with Crippen molar-refractivity contribution in [2.24, 2.45) is 0 Å². The van der Waals surface area contributed by atoms with Gasteiger partial charge in [-0.1, -0.05) is 139 Å². The van der Waals surface area contributed by atoms with Gasteiger partial charge in [-0.2, -0.15) is 0 Å². The van der Waals surface area contributed by atoms with Crippen LogP contribution in [0, 0.1) is 41.5 Å². The number of hydrogen-bond acceptors (Lipinski definition) is 2. The van der Waals surface area contributed by atoms with Crippen LogP contribution in [0.2, 0.25) is 0 Å². The molecule has 0 saturated heterocycles. The molecule has 2 atom stereocenters. The van der Waals surface area contributed by atoms with Crippen molar-refractivity contribution in [3.05, 3.63) is 214 Å². The van der Waals surface area contributed by atoms with Crippen molar-refractivity contribution in [2.45, 2.75) is 66.5 Å². The molecule has 0 unspecified atom stereocenters. The first-order chi connectivity index (χ1) is 27.2. The second kappa shape index (κ2) is 15.9. The van der Waals surface area contributed by atoms with E-state index < -0.39 is 0 Å². The van der Waals surface area contributed by atoms with Crippen LogP contribution in [0.25, 0.3) is 22.3 Å². The van der Waals surface area contributed by atoms with Crippen molar-refractivity contribution >= 4 is 33.9 Å². The van der Waals surface area contributed by atoms with Gasteiger partial charge in [0.15, 0.2) is 0 Å². The quantitative estimate of drug-likeness (QED) is 0.146.